The molecule has 0 aromatic heterocycles. The maximum Gasteiger partial charge on any atom is 0.350 e. The van der Waals surface area contributed by atoms with Crippen LogP contribution in [-0.2, 0) is 20.7 Å². The Balaban J connectivity index is 2.52. The van der Waals surface area contributed by atoms with Crippen LogP contribution in [0.5, 0.6) is 0 Å². The zero-order chi connectivity index (χ0) is 13.5. The van der Waals surface area contributed by atoms with Crippen molar-refractivity contribution in [2.75, 3.05) is 7.11 Å². The molecule has 0 saturated heterocycles. The van der Waals surface area contributed by atoms with E-state index in [-0.39, 0.29) is 0 Å². The zero-order valence-corrected chi connectivity index (χ0v) is 12.0. The van der Waals surface area contributed by atoms with Crippen LogP contribution in [0, 0.1) is 6.92 Å². The van der Waals surface area contributed by atoms with E-state index in [1.54, 1.807) is 13.0 Å². The molecule has 1 heterocycles. The average molecular weight is 313 g/mol. The Morgan fingerprint density at radius 2 is 2.17 bits per heavy atom. The van der Waals surface area contributed by atoms with Crippen molar-refractivity contribution in [3.8, 4) is 0 Å². The van der Waals surface area contributed by atoms with Gasteiger partial charge >= 0.3 is 11.9 Å². The molecule has 96 valence electrons. The van der Waals surface area contributed by atoms with Gasteiger partial charge in [-0.25, -0.2) is 9.59 Å². The van der Waals surface area contributed by atoms with Crippen LogP contribution in [0.3, 0.4) is 0 Å². The van der Waals surface area contributed by atoms with Gasteiger partial charge in [-0.05, 0) is 37.1 Å². The predicted molar refractivity (Wildman–Crippen MR) is 68.4 cm³/mol. The van der Waals surface area contributed by atoms with E-state index in [1.807, 2.05) is 13.0 Å². The fourth-order valence-electron chi connectivity index (χ4n) is 2.15. The maximum absolute atomic E-state index is 12.0. The molecule has 1 unspecified atom stereocenters. The van der Waals surface area contributed by atoms with E-state index in [9.17, 15) is 9.59 Å². The number of esters is 2. The number of carbonyl (C=O) groups excluding carboxylic acids is 2. The van der Waals surface area contributed by atoms with Crippen LogP contribution in [-0.4, -0.2) is 24.6 Å². The van der Waals surface area contributed by atoms with Crippen molar-refractivity contribution in [3.05, 3.63) is 33.3 Å². The fraction of sp³-hybridized carbons (Fsp3) is 0.385. The Hall–Kier alpha value is -1.36. The second kappa shape index (κ2) is 4.39. The molecule has 1 aliphatic rings. The third-order valence-corrected chi connectivity index (χ3v) is 3.56. The molecule has 0 amide bonds. The monoisotopic (exact) mass is 312 g/mol. The van der Waals surface area contributed by atoms with Crippen molar-refractivity contribution in [3.63, 3.8) is 0 Å². The van der Waals surface area contributed by atoms with Crippen molar-refractivity contribution in [2.45, 2.75) is 25.9 Å². The molecule has 0 N–H and O–H groups in total. The maximum atomic E-state index is 12.0. The van der Waals surface area contributed by atoms with Crippen LogP contribution >= 0.6 is 15.9 Å². The molecule has 4 nitrogen and oxygen atoms in total. The first kappa shape index (κ1) is 13.1. The summed E-state index contributed by atoms with van der Waals surface area (Å²) < 4.78 is 10.7. The zero-order valence-electron chi connectivity index (χ0n) is 10.4. The Bertz CT molecular complexity index is 538. The van der Waals surface area contributed by atoms with E-state index in [2.05, 4.69) is 15.9 Å². The molecular weight excluding hydrogens is 300 g/mol. The van der Waals surface area contributed by atoms with E-state index >= 15 is 0 Å². The molecule has 0 bridgehead atoms. The van der Waals surface area contributed by atoms with Crippen LogP contribution in [0.1, 0.15) is 28.4 Å². The lowest BCUT2D eigenvalue weighted by Gasteiger charge is -2.32. The van der Waals surface area contributed by atoms with Crippen LogP contribution in [0.15, 0.2) is 16.6 Å². The minimum Gasteiger partial charge on any atom is -0.466 e. The fourth-order valence-corrected chi connectivity index (χ4v) is 2.72. The Kier molecular flexibility index (Phi) is 3.19. The van der Waals surface area contributed by atoms with Gasteiger partial charge in [0.1, 0.15) is 0 Å². The lowest BCUT2D eigenvalue weighted by Crippen LogP contribution is -2.46. The van der Waals surface area contributed by atoms with Gasteiger partial charge in [-0.15, -0.1) is 0 Å². The summed E-state index contributed by atoms with van der Waals surface area (Å²) in [4.78, 5) is 23.7. The molecule has 1 aromatic carbocycles. The summed E-state index contributed by atoms with van der Waals surface area (Å²) >= 11 is 3.34. The molecule has 1 aromatic rings. The number of fused-ring (bicyclic) bond motifs is 1. The molecule has 0 fully saturated rings. The Morgan fingerprint density at radius 1 is 1.50 bits per heavy atom. The second-order valence-electron chi connectivity index (χ2n) is 4.54. The molecule has 0 radical (unpaired) electrons. The summed E-state index contributed by atoms with van der Waals surface area (Å²) in [6.45, 7) is 3.47. The van der Waals surface area contributed by atoms with Gasteiger partial charge in [0.2, 0.25) is 5.60 Å². The topological polar surface area (TPSA) is 52.6 Å². The van der Waals surface area contributed by atoms with Gasteiger partial charge in [0, 0.05) is 10.9 Å². The highest BCUT2D eigenvalue weighted by atomic mass is 79.9. The number of hydrogen-bond acceptors (Lipinski definition) is 4. The number of methoxy groups -OCH3 is 1. The van der Waals surface area contributed by atoms with Gasteiger partial charge < -0.3 is 9.47 Å². The third kappa shape index (κ3) is 2.03. The standard InChI is InChI=1S/C13H13BrO4/c1-7-4-8(14)5-9-10(7)6-13(2,12(16)17-3)18-11(9)15/h4-5H,6H2,1-3H3. The molecule has 2 rings (SSSR count). The summed E-state index contributed by atoms with van der Waals surface area (Å²) in [5.74, 6) is -1.03. The third-order valence-electron chi connectivity index (χ3n) is 3.11. The van der Waals surface area contributed by atoms with Gasteiger partial charge in [-0.2, -0.15) is 0 Å². The SMILES string of the molecule is COC(=O)C1(C)Cc2c(C)cc(Br)cc2C(=O)O1. The first-order chi connectivity index (χ1) is 8.37. The lowest BCUT2D eigenvalue weighted by molar-refractivity contribution is -0.161. The second-order valence-corrected chi connectivity index (χ2v) is 5.45. The quantitative estimate of drug-likeness (QED) is 0.747. The van der Waals surface area contributed by atoms with Crippen molar-refractivity contribution in [1.29, 1.82) is 0 Å². The number of cyclic esters (lactones) is 1. The van der Waals surface area contributed by atoms with E-state index < -0.39 is 17.5 Å². The normalized spacial score (nSPS) is 22.1. The van der Waals surface area contributed by atoms with Gasteiger partial charge in [-0.3, -0.25) is 0 Å². The molecule has 0 saturated carbocycles. The highest BCUT2D eigenvalue weighted by molar-refractivity contribution is 9.10. The van der Waals surface area contributed by atoms with Crippen LogP contribution in [0.4, 0.5) is 0 Å². The number of rotatable bonds is 1. The van der Waals surface area contributed by atoms with Crippen LogP contribution in [0.2, 0.25) is 0 Å². The summed E-state index contributed by atoms with van der Waals surface area (Å²) in [6.07, 6.45) is 0.333. The number of benzene rings is 1. The van der Waals surface area contributed by atoms with Crippen molar-refractivity contribution in [1.82, 2.24) is 0 Å². The summed E-state index contributed by atoms with van der Waals surface area (Å²) in [5, 5.41) is 0. The number of hydrogen-bond donors (Lipinski definition) is 0. The van der Waals surface area contributed by atoms with Gasteiger partial charge in [0.25, 0.3) is 0 Å². The van der Waals surface area contributed by atoms with Gasteiger partial charge in [0.15, 0.2) is 0 Å². The van der Waals surface area contributed by atoms with Crippen LogP contribution in [0.25, 0.3) is 0 Å². The van der Waals surface area contributed by atoms with E-state index in [1.165, 1.54) is 7.11 Å². The molecule has 18 heavy (non-hydrogen) atoms. The van der Waals surface area contributed by atoms with Crippen LogP contribution < -0.4 is 0 Å². The number of carbonyl (C=O) groups is 2. The smallest absolute Gasteiger partial charge is 0.350 e. The van der Waals surface area contributed by atoms with Crippen molar-refractivity contribution < 1.29 is 19.1 Å². The van der Waals surface area contributed by atoms with Crippen molar-refractivity contribution >= 4 is 27.9 Å². The first-order valence-electron chi connectivity index (χ1n) is 5.48. The van der Waals surface area contributed by atoms with Gasteiger partial charge in [-0.1, -0.05) is 15.9 Å². The molecular formula is C13H13BrO4. The Morgan fingerprint density at radius 3 is 2.78 bits per heavy atom. The summed E-state index contributed by atoms with van der Waals surface area (Å²) in [5.41, 5.74) is 1.05. The molecule has 1 aliphatic heterocycles. The molecule has 1 atom stereocenters. The van der Waals surface area contributed by atoms with E-state index in [0.717, 1.165) is 15.6 Å². The van der Waals surface area contributed by atoms with Crippen molar-refractivity contribution in [2.24, 2.45) is 0 Å². The number of aryl methyl sites for hydroxylation is 1. The summed E-state index contributed by atoms with van der Waals surface area (Å²) in [6, 6.07) is 3.62. The van der Waals surface area contributed by atoms with E-state index in [0.29, 0.717) is 12.0 Å². The molecule has 0 aliphatic carbocycles. The molecule has 0 spiro atoms. The van der Waals surface area contributed by atoms with Gasteiger partial charge in [0.05, 0.1) is 12.7 Å². The minimum atomic E-state index is -1.24. The lowest BCUT2D eigenvalue weighted by atomic mass is 9.87. The Labute approximate surface area is 113 Å². The minimum absolute atomic E-state index is 0.333. The van der Waals surface area contributed by atoms with E-state index in [4.69, 9.17) is 9.47 Å². The number of ether oxygens (including phenoxy) is 2. The predicted octanol–water partition coefficient (Wildman–Crippen LogP) is 2.40. The largest absolute Gasteiger partial charge is 0.466 e. The summed E-state index contributed by atoms with van der Waals surface area (Å²) in [7, 11) is 1.28. The average Bonchev–Trinajstić information content (AvgIpc) is 2.30. The highest BCUT2D eigenvalue weighted by Gasteiger charge is 2.44. The molecule has 5 heteroatoms. The highest BCUT2D eigenvalue weighted by Crippen LogP contribution is 2.33. The number of halogens is 1. The first-order valence-corrected chi connectivity index (χ1v) is 6.27.